The lowest BCUT2D eigenvalue weighted by Gasteiger charge is -2.22. The van der Waals surface area contributed by atoms with Gasteiger partial charge in [-0.25, -0.2) is 19.9 Å². The van der Waals surface area contributed by atoms with E-state index in [9.17, 15) is 4.79 Å². The van der Waals surface area contributed by atoms with Crippen LogP contribution in [0.1, 0.15) is 34.8 Å². The van der Waals surface area contributed by atoms with E-state index >= 15 is 0 Å². The van der Waals surface area contributed by atoms with E-state index < -0.39 is 5.54 Å². The highest BCUT2D eigenvalue weighted by molar-refractivity contribution is 7.17. The zero-order chi connectivity index (χ0) is 26.6. The maximum atomic E-state index is 13.3. The van der Waals surface area contributed by atoms with Gasteiger partial charge in [0.25, 0.3) is 5.91 Å². The maximum absolute atomic E-state index is 13.3. The first-order chi connectivity index (χ1) is 18.2. The van der Waals surface area contributed by atoms with Gasteiger partial charge in [0.2, 0.25) is 5.88 Å². The molecule has 194 valence electrons. The number of fused-ring (bicyclic) bond motifs is 1. The first-order valence-electron chi connectivity index (χ1n) is 12.5. The molecule has 1 aliphatic heterocycles. The summed E-state index contributed by atoms with van der Waals surface area (Å²) in [6, 6.07) is 13.2. The number of aryl methyl sites for hydroxylation is 1. The topological polar surface area (TPSA) is 107 Å². The van der Waals surface area contributed by atoms with E-state index in [1.165, 1.54) is 11.3 Å². The quantitative estimate of drug-likeness (QED) is 0.364. The van der Waals surface area contributed by atoms with Gasteiger partial charge in [0.05, 0.1) is 11.4 Å². The Morgan fingerprint density at radius 1 is 1.11 bits per heavy atom. The Balaban J connectivity index is 1.16. The number of aromatic nitrogens is 4. The van der Waals surface area contributed by atoms with Crippen LogP contribution in [-0.4, -0.2) is 49.9 Å². The third kappa shape index (κ3) is 4.77. The minimum atomic E-state index is -0.554. The number of ether oxygens (including phenoxy) is 1. The molecule has 2 aliphatic rings. The van der Waals surface area contributed by atoms with Crippen LogP contribution in [0.4, 0.5) is 0 Å². The second-order valence-electron chi connectivity index (χ2n) is 10.4. The summed E-state index contributed by atoms with van der Waals surface area (Å²) in [5, 5.41) is 1.32. The molecule has 6 rings (SSSR count). The standard InChI is InChI=1S/C28H27ClN6O2S/c1-15-24(38-26(33-15)25-31-9-4-10-32-25)27(36)35-13-19-20(14-35)23(19)37-22-12-17(28(2,3)30)11-21(34-22)16-5-7-18(29)8-6-16/h4-12,19-20,23H,13-14,30H2,1-3H3/t19-,20+,23-. The molecule has 2 fully saturated rings. The number of nitrogens with two attached hydrogens (primary N) is 1. The van der Waals surface area contributed by atoms with E-state index in [-0.39, 0.29) is 23.8 Å². The largest absolute Gasteiger partial charge is 0.474 e. The molecule has 4 aromatic rings. The summed E-state index contributed by atoms with van der Waals surface area (Å²) >= 11 is 7.42. The van der Waals surface area contributed by atoms with Crippen LogP contribution < -0.4 is 10.5 Å². The molecular formula is C28H27ClN6O2S. The number of thiazole rings is 1. The molecule has 8 nitrogen and oxygen atoms in total. The summed E-state index contributed by atoms with van der Waals surface area (Å²) < 4.78 is 6.38. The molecule has 0 bridgehead atoms. The first-order valence-corrected chi connectivity index (χ1v) is 13.6. The van der Waals surface area contributed by atoms with Crippen molar-refractivity contribution in [3.05, 3.63) is 76.0 Å². The summed E-state index contributed by atoms with van der Waals surface area (Å²) in [5.74, 6) is 1.64. The second kappa shape index (κ2) is 9.41. The molecule has 1 amide bonds. The zero-order valence-corrected chi connectivity index (χ0v) is 22.8. The van der Waals surface area contributed by atoms with Crippen molar-refractivity contribution in [2.24, 2.45) is 17.6 Å². The van der Waals surface area contributed by atoms with E-state index in [2.05, 4.69) is 15.0 Å². The molecule has 0 spiro atoms. The minimum absolute atomic E-state index is 0.00293. The van der Waals surface area contributed by atoms with Crippen molar-refractivity contribution in [3.8, 4) is 28.0 Å². The van der Waals surface area contributed by atoms with Crippen molar-refractivity contribution in [2.45, 2.75) is 32.4 Å². The summed E-state index contributed by atoms with van der Waals surface area (Å²) in [7, 11) is 0. The predicted molar refractivity (Wildman–Crippen MR) is 147 cm³/mol. The molecule has 1 aliphatic carbocycles. The van der Waals surface area contributed by atoms with E-state index in [0.29, 0.717) is 45.4 Å². The fourth-order valence-electron chi connectivity index (χ4n) is 4.90. The highest BCUT2D eigenvalue weighted by Crippen LogP contribution is 2.48. The van der Waals surface area contributed by atoms with Crippen LogP contribution >= 0.6 is 22.9 Å². The van der Waals surface area contributed by atoms with Crippen LogP contribution in [0.25, 0.3) is 22.1 Å². The molecule has 4 heterocycles. The van der Waals surface area contributed by atoms with Crippen molar-refractivity contribution in [3.63, 3.8) is 0 Å². The summed E-state index contributed by atoms with van der Waals surface area (Å²) in [4.78, 5) is 33.7. The summed E-state index contributed by atoms with van der Waals surface area (Å²) in [5.41, 5.74) is 9.25. The molecule has 38 heavy (non-hydrogen) atoms. The summed E-state index contributed by atoms with van der Waals surface area (Å²) in [6.07, 6.45) is 3.37. The van der Waals surface area contributed by atoms with Gasteiger partial charge < -0.3 is 15.4 Å². The van der Waals surface area contributed by atoms with Gasteiger partial charge in [-0.05, 0) is 50.6 Å². The monoisotopic (exact) mass is 546 g/mol. The number of piperidine rings is 1. The van der Waals surface area contributed by atoms with Crippen LogP contribution in [0.2, 0.25) is 5.02 Å². The Morgan fingerprint density at radius 3 is 2.45 bits per heavy atom. The van der Waals surface area contributed by atoms with Gasteiger partial charge in [0.15, 0.2) is 10.8 Å². The van der Waals surface area contributed by atoms with Crippen molar-refractivity contribution < 1.29 is 9.53 Å². The van der Waals surface area contributed by atoms with E-state index in [1.54, 1.807) is 18.5 Å². The van der Waals surface area contributed by atoms with Gasteiger partial charge in [-0.2, -0.15) is 0 Å². The van der Waals surface area contributed by atoms with Crippen molar-refractivity contribution in [1.82, 2.24) is 24.8 Å². The van der Waals surface area contributed by atoms with Gasteiger partial charge in [-0.15, -0.1) is 11.3 Å². The third-order valence-corrected chi connectivity index (χ3v) is 8.49. The molecule has 1 aromatic carbocycles. The van der Waals surface area contributed by atoms with Gasteiger partial charge >= 0.3 is 0 Å². The number of carbonyl (C=O) groups is 1. The number of halogens is 1. The normalized spacial score (nSPS) is 20.3. The number of carbonyl (C=O) groups excluding carboxylic acids is 1. The molecule has 10 heteroatoms. The highest BCUT2D eigenvalue weighted by Gasteiger charge is 2.59. The number of hydrogen-bond acceptors (Lipinski definition) is 8. The van der Waals surface area contributed by atoms with E-state index in [0.717, 1.165) is 16.8 Å². The fourth-order valence-corrected chi connectivity index (χ4v) is 6.01. The smallest absolute Gasteiger partial charge is 0.265 e. The Kier molecular flexibility index (Phi) is 6.17. The van der Waals surface area contributed by atoms with Crippen LogP contribution in [0.3, 0.4) is 0 Å². The Bertz CT molecular complexity index is 1490. The van der Waals surface area contributed by atoms with E-state index in [1.807, 2.05) is 62.1 Å². The van der Waals surface area contributed by atoms with Crippen LogP contribution in [-0.2, 0) is 5.54 Å². The molecule has 0 unspecified atom stereocenters. The number of benzene rings is 1. The van der Waals surface area contributed by atoms with Gasteiger partial charge in [-0.3, -0.25) is 4.79 Å². The molecule has 2 N–H and O–H groups in total. The van der Waals surface area contributed by atoms with Crippen molar-refractivity contribution in [1.29, 1.82) is 0 Å². The van der Waals surface area contributed by atoms with Crippen molar-refractivity contribution in [2.75, 3.05) is 13.1 Å². The highest BCUT2D eigenvalue weighted by atomic mass is 35.5. The molecule has 3 atom stereocenters. The number of pyridine rings is 1. The molecular weight excluding hydrogens is 520 g/mol. The minimum Gasteiger partial charge on any atom is -0.474 e. The lowest BCUT2D eigenvalue weighted by atomic mass is 9.95. The average molecular weight is 547 g/mol. The Morgan fingerprint density at radius 2 is 1.79 bits per heavy atom. The summed E-state index contributed by atoms with van der Waals surface area (Å²) in [6.45, 7) is 7.08. The van der Waals surface area contributed by atoms with Crippen molar-refractivity contribution >= 4 is 28.8 Å². The average Bonchev–Trinajstić information content (AvgIpc) is 3.22. The fraction of sp³-hybridized carbons (Fsp3) is 0.321. The van der Waals surface area contributed by atoms with Gasteiger partial charge in [0, 0.05) is 59.5 Å². The maximum Gasteiger partial charge on any atom is 0.265 e. The lowest BCUT2D eigenvalue weighted by molar-refractivity contribution is 0.0755. The number of hydrogen-bond donors (Lipinski definition) is 1. The van der Waals surface area contributed by atoms with Gasteiger partial charge in [0.1, 0.15) is 11.0 Å². The van der Waals surface area contributed by atoms with Crippen LogP contribution in [0, 0.1) is 18.8 Å². The molecule has 1 saturated carbocycles. The second-order valence-corrected chi connectivity index (χ2v) is 11.9. The van der Waals surface area contributed by atoms with E-state index in [4.69, 9.17) is 27.1 Å². The zero-order valence-electron chi connectivity index (χ0n) is 21.3. The molecule has 3 aromatic heterocycles. The van der Waals surface area contributed by atoms with Gasteiger partial charge in [-0.1, -0.05) is 23.7 Å². The number of nitrogens with zero attached hydrogens (tertiary/aromatic N) is 5. The SMILES string of the molecule is Cc1nc(-c2ncccn2)sc1C(=O)N1C[C@@H]2[C@H](C1)[C@@H]2Oc1cc(C(C)(C)N)cc(-c2ccc(Cl)cc2)n1. The first kappa shape index (κ1) is 24.9. The third-order valence-electron chi connectivity index (χ3n) is 7.09. The number of likely N-dealkylation sites (tertiary alicyclic amines) is 1. The number of rotatable bonds is 6. The molecule has 0 radical (unpaired) electrons. The predicted octanol–water partition coefficient (Wildman–Crippen LogP) is 4.97. The van der Waals surface area contributed by atoms with Crippen LogP contribution in [0.15, 0.2) is 54.9 Å². The Labute approximate surface area is 229 Å². The Hall–Kier alpha value is -3.40. The molecule has 1 saturated heterocycles. The number of amides is 1. The lowest BCUT2D eigenvalue weighted by Crippen LogP contribution is -2.33. The van der Waals surface area contributed by atoms with Crippen LogP contribution in [0.5, 0.6) is 5.88 Å².